The predicted octanol–water partition coefficient (Wildman–Crippen LogP) is 4.49. The van der Waals surface area contributed by atoms with Gasteiger partial charge in [0.1, 0.15) is 11.3 Å². The maximum absolute atomic E-state index is 12.5. The number of amides is 1. The summed E-state index contributed by atoms with van der Waals surface area (Å²) in [5, 5.41) is 13.5. The van der Waals surface area contributed by atoms with E-state index in [2.05, 4.69) is 31.1 Å². The fourth-order valence-corrected chi connectivity index (χ4v) is 2.58. The van der Waals surface area contributed by atoms with E-state index in [4.69, 9.17) is 0 Å². The van der Waals surface area contributed by atoms with Crippen LogP contribution in [0, 0.1) is 0 Å². The quantitative estimate of drug-likeness (QED) is 0.684. The molecule has 3 rings (SSSR count). The van der Waals surface area contributed by atoms with E-state index in [1.807, 2.05) is 30.3 Å². The minimum atomic E-state index is -0.189. The summed E-state index contributed by atoms with van der Waals surface area (Å²) in [7, 11) is 0. The number of hydrogen-bond donors (Lipinski definition) is 2. The fraction of sp³-hybridized carbons (Fsp3) is 0.200. The molecule has 0 saturated carbocycles. The summed E-state index contributed by atoms with van der Waals surface area (Å²) in [5.74, 6) is -0.0931. The van der Waals surface area contributed by atoms with E-state index < -0.39 is 0 Å². The van der Waals surface area contributed by atoms with Gasteiger partial charge in [0.05, 0.1) is 5.69 Å². The summed E-state index contributed by atoms with van der Waals surface area (Å²) >= 11 is 0. The highest BCUT2D eigenvalue weighted by atomic mass is 16.3. The number of aromatic nitrogens is 1. The highest BCUT2D eigenvalue weighted by Crippen LogP contribution is 2.29. The summed E-state index contributed by atoms with van der Waals surface area (Å²) in [6.45, 7) is 6.41. The number of nitrogens with one attached hydrogen (secondary N) is 1. The molecule has 1 amide bonds. The second kappa shape index (κ2) is 5.96. The molecule has 3 aromatic rings. The number of hydrogen-bond acceptors (Lipinski definition) is 3. The monoisotopic (exact) mass is 320 g/mol. The second-order valence-corrected chi connectivity index (χ2v) is 6.81. The third-order valence-electron chi connectivity index (χ3n) is 4.01. The van der Waals surface area contributed by atoms with Crippen LogP contribution >= 0.6 is 0 Å². The van der Waals surface area contributed by atoms with Gasteiger partial charge >= 0.3 is 0 Å². The first-order valence-corrected chi connectivity index (χ1v) is 7.85. The second-order valence-electron chi connectivity index (χ2n) is 6.81. The van der Waals surface area contributed by atoms with Crippen molar-refractivity contribution in [1.29, 1.82) is 0 Å². The van der Waals surface area contributed by atoms with Gasteiger partial charge < -0.3 is 10.4 Å². The molecule has 0 saturated heterocycles. The maximum Gasteiger partial charge on any atom is 0.255 e. The minimum Gasteiger partial charge on any atom is -0.506 e. The molecule has 1 heterocycles. The van der Waals surface area contributed by atoms with E-state index in [1.165, 1.54) is 11.6 Å². The number of aromatic hydroxyl groups is 1. The van der Waals surface area contributed by atoms with Gasteiger partial charge in [0.15, 0.2) is 0 Å². The largest absolute Gasteiger partial charge is 0.506 e. The molecular weight excluding hydrogens is 300 g/mol. The molecule has 0 fully saturated rings. The van der Waals surface area contributed by atoms with Crippen molar-refractivity contribution < 1.29 is 9.90 Å². The van der Waals surface area contributed by atoms with Crippen molar-refractivity contribution in [3.63, 3.8) is 0 Å². The number of carbonyl (C=O) groups is 1. The molecule has 2 aromatic carbocycles. The van der Waals surface area contributed by atoms with Crippen molar-refractivity contribution in [2.24, 2.45) is 0 Å². The van der Waals surface area contributed by atoms with E-state index in [0.29, 0.717) is 22.2 Å². The molecule has 0 aliphatic heterocycles. The zero-order valence-corrected chi connectivity index (χ0v) is 14.0. The summed E-state index contributed by atoms with van der Waals surface area (Å²) in [6, 6.07) is 14.4. The average molecular weight is 320 g/mol. The molecule has 0 aliphatic rings. The molecule has 24 heavy (non-hydrogen) atoms. The Morgan fingerprint density at radius 2 is 1.75 bits per heavy atom. The fourth-order valence-electron chi connectivity index (χ4n) is 2.58. The first-order valence-electron chi connectivity index (χ1n) is 7.85. The van der Waals surface area contributed by atoms with E-state index in [-0.39, 0.29) is 17.1 Å². The number of phenols is 1. The molecule has 4 nitrogen and oxygen atoms in total. The Balaban J connectivity index is 1.89. The van der Waals surface area contributed by atoms with Gasteiger partial charge in [-0.2, -0.15) is 0 Å². The van der Waals surface area contributed by atoms with Crippen LogP contribution in [0.1, 0.15) is 36.7 Å². The molecule has 0 unspecified atom stereocenters. The molecule has 122 valence electrons. The number of pyridine rings is 1. The summed E-state index contributed by atoms with van der Waals surface area (Å²) < 4.78 is 0. The van der Waals surface area contributed by atoms with Gasteiger partial charge in [-0.1, -0.05) is 32.9 Å². The van der Waals surface area contributed by atoms with Crippen molar-refractivity contribution in [3.8, 4) is 5.75 Å². The lowest BCUT2D eigenvalue weighted by molar-refractivity contribution is 0.102. The van der Waals surface area contributed by atoms with E-state index in [9.17, 15) is 9.90 Å². The lowest BCUT2D eigenvalue weighted by Gasteiger charge is -2.19. The first-order chi connectivity index (χ1) is 11.4. The van der Waals surface area contributed by atoms with Gasteiger partial charge in [0, 0.05) is 17.1 Å². The molecule has 0 radical (unpaired) electrons. The van der Waals surface area contributed by atoms with Crippen molar-refractivity contribution in [2.45, 2.75) is 26.2 Å². The Kier molecular flexibility index (Phi) is 3.97. The molecular formula is C20H20N2O2. The van der Waals surface area contributed by atoms with Crippen molar-refractivity contribution in [3.05, 3.63) is 65.9 Å². The van der Waals surface area contributed by atoms with E-state index in [1.54, 1.807) is 18.3 Å². The Bertz CT molecular complexity index is 894. The standard InChI is InChI=1S/C20H20N2O2/c1-20(2,3)14-8-6-13(7-9-14)19(24)22-16-10-11-17(23)18-15(16)5-4-12-21-18/h4-12,23H,1-3H3,(H,22,24). The lowest BCUT2D eigenvalue weighted by Crippen LogP contribution is -2.14. The van der Waals surface area contributed by atoms with Crippen LogP contribution in [0.25, 0.3) is 10.9 Å². The molecule has 2 N–H and O–H groups in total. The van der Waals surface area contributed by atoms with Gasteiger partial charge in [0.25, 0.3) is 5.91 Å². The predicted molar refractivity (Wildman–Crippen MR) is 96.5 cm³/mol. The van der Waals surface area contributed by atoms with Crippen molar-refractivity contribution in [2.75, 3.05) is 5.32 Å². The molecule has 1 aromatic heterocycles. The van der Waals surface area contributed by atoms with Crippen LogP contribution in [0.2, 0.25) is 0 Å². The number of fused-ring (bicyclic) bond motifs is 1. The van der Waals surface area contributed by atoms with Crippen LogP contribution in [0.4, 0.5) is 5.69 Å². The smallest absolute Gasteiger partial charge is 0.255 e. The van der Waals surface area contributed by atoms with Gasteiger partial charge in [-0.15, -0.1) is 0 Å². The Morgan fingerprint density at radius 3 is 2.42 bits per heavy atom. The van der Waals surface area contributed by atoms with Gasteiger partial charge in [-0.25, -0.2) is 0 Å². The molecule has 4 heteroatoms. The van der Waals surface area contributed by atoms with Crippen molar-refractivity contribution >= 4 is 22.5 Å². The van der Waals surface area contributed by atoms with Crippen LogP contribution in [0.15, 0.2) is 54.7 Å². The minimum absolute atomic E-state index is 0.0494. The topological polar surface area (TPSA) is 62.2 Å². The number of nitrogens with zero attached hydrogens (tertiary/aromatic N) is 1. The maximum atomic E-state index is 12.5. The molecule has 0 atom stereocenters. The van der Waals surface area contributed by atoms with Gasteiger partial charge in [0.2, 0.25) is 0 Å². The number of carbonyl (C=O) groups excluding carboxylic acids is 1. The lowest BCUT2D eigenvalue weighted by atomic mass is 9.87. The SMILES string of the molecule is CC(C)(C)c1ccc(C(=O)Nc2ccc(O)c3ncccc23)cc1. The summed E-state index contributed by atoms with van der Waals surface area (Å²) in [6.07, 6.45) is 1.61. The Hall–Kier alpha value is -2.88. The van der Waals surface area contributed by atoms with Gasteiger partial charge in [-0.05, 0) is 47.4 Å². The van der Waals surface area contributed by atoms with Gasteiger partial charge in [-0.3, -0.25) is 9.78 Å². The third-order valence-corrected chi connectivity index (χ3v) is 4.01. The Morgan fingerprint density at radius 1 is 1.04 bits per heavy atom. The number of benzene rings is 2. The van der Waals surface area contributed by atoms with Crippen molar-refractivity contribution in [1.82, 2.24) is 4.98 Å². The molecule has 0 aliphatic carbocycles. The van der Waals surface area contributed by atoms with Crippen LogP contribution in [-0.4, -0.2) is 16.0 Å². The zero-order chi connectivity index (χ0) is 17.3. The summed E-state index contributed by atoms with van der Waals surface area (Å²) in [5.41, 5.74) is 2.92. The van der Waals surface area contributed by atoms with Crippen LogP contribution < -0.4 is 5.32 Å². The third kappa shape index (κ3) is 3.08. The zero-order valence-electron chi connectivity index (χ0n) is 14.0. The highest BCUT2D eigenvalue weighted by Gasteiger charge is 2.15. The average Bonchev–Trinajstić information content (AvgIpc) is 2.57. The summed E-state index contributed by atoms with van der Waals surface area (Å²) in [4.78, 5) is 16.7. The normalized spacial score (nSPS) is 11.5. The molecule has 0 bridgehead atoms. The van der Waals surface area contributed by atoms with E-state index >= 15 is 0 Å². The number of phenolic OH excluding ortho intramolecular Hbond substituents is 1. The highest BCUT2D eigenvalue weighted by molar-refractivity contribution is 6.09. The molecule has 0 spiro atoms. The van der Waals surface area contributed by atoms with Crippen LogP contribution in [0.5, 0.6) is 5.75 Å². The number of rotatable bonds is 2. The van der Waals surface area contributed by atoms with Crippen LogP contribution in [-0.2, 0) is 5.41 Å². The number of anilines is 1. The Labute approximate surface area is 141 Å². The van der Waals surface area contributed by atoms with E-state index in [0.717, 1.165) is 0 Å². The van der Waals surface area contributed by atoms with Crippen LogP contribution in [0.3, 0.4) is 0 Å². The first kappa shape index (κ1) is 16.0.